The lowest BCUT2D eigenvalue weighted by Crippen LogP contribution is -2.15. The van der Waals surface area contributed by atoms with Crippen LogP contribution in [0.15, 0.2) is 64.1 Å². The molecule has 4 nitrogen and oxygen atoms in total. The first-order valence-corrected chi connectivity index (χ1v) is 11.0. The van der Waals surface area contributed by atoms with Crippen molar-refractivity contribution in [3.63, 3.8) is 0 Å². The molecule has 4 rings (SSSR count). The van der Waals surface area contributed by atoms with E-state index in [4.69, 9.17) is 0 Å². The number of sulfonamides is 1. The van der Waals surface area contributed by atoms with Gasteiger partial charge in [0.15, 0.2) is 0 Å². The van der Waals surface area contributed by atoms with Crippen molar-refractivity contribution in [3.05, 3.63) is 64.8 Å². The van der Waals surface area contributed by atoms with E-state index < -0.39 is 10.0 Å². The molecule has 2 aromatic carbocycles. The maximum absolute atomic E-state index is 13.0. The van der Waals surface area contributed by atoms with Gasteiger partial charge >= 0.3 is 0 Å². The lowest BCUT2D eigenvalue weighted by Gasteiger charge is -2.19. The molecule has 0 unspecified atom stereocenters. The summed E-state index contributed by atoms with van der Waals surface area (Å²) >= 11 is 3.34. The maximum Gasteiger partial charge on any atom is 0.261 e. The van der Waals surface area contributed by atoms with E-state index >= 15 is 0 Å². The van der Waals surface area contributed by atoms with E-state index in [0.717, 1.165) is 33.8 Å². The Morgan fingerprint density at radius 2 is 1.73 bits per heavy atom. The van der Waals surface area contributed by atoms with Crippen molar-refractivity contribution >= 4 is 42.5 Å². The van der Waals surface area contributed by atoms with Gasteiger partial charge in [0.2, 0.25) is 0 Å². The molecule has 0 radical (unpaired) electrons. The van der Waals surface area contributed by atoms with Gasteiger partial charge in [-0.15, -0.1) is 0 Å². The largest absolute Gasteiger partial charge is 0.279 e. The van der Waals surface area contributed by atoms with Gasteiger partial charge in [-0.25, -0.2) is 8.42 Å². The molecule has 0 bridgehead atoms. The molecule has 0 saturated heterocycles. The predicted molar refractivity (Wildman–Crippen MR) is 108 cm³/mol. The number of hydrogen-bond acceptors (Lipinski definition) is 3. The van der Waals surface area contributed by atoms with Gasteiger partial charge in [-0.1, -0.05) is 34.8 Å². The SMILES string of the molecule is O=S(=O)(Nc1c(C2CCCC2)ccc2ncccc12)c1ccc(Br)cc1. The first-order valence-electron chi connectivity index (χ1n) is 8.70. The summed E-state index contributed by atoms with van der Waals surface area (Å²) < 4.78 is 29.7. The second-order valence-corrected chi connectivity index (χ2v) is 9.24. The van der Waals surface area contributed by atoms with Crippen LogP contribution in [0.3, 0.4) is 0 Å². The van der Waals surface area contributed by atoms with E-state index in [2.05, 4.69) is 25.6 Å². The summed E-state index contributed by atoms with van der Waals surface area (Å²) in [5, 5.41) is 0.845. The number of aromatic nitrogens is 1. The molecular formula is C20H19BrN2O2S. The van der Waals surface area contributed by atoms with Crippen LogP contribution < -0.4 is 4.72 Å². The van der Waals surface area contributed by atoms with Crippen LogP contribution in [0.5, 0.6) is 0 Å². The van der Waals surface area contributed by atoms with Crippen LogP contribution in [-0.4, -0.2) is 13.4 Å². The number of fused-ring (bicyclic) bond motifs is 1. The summed E-state index contributed by atoms with van der Waals surface area (Å²) in [6.07, 6.45) is 6.30. The molecule has 6 heteroatoms. The molecular weight excluding hydrogens is 412 g/mol. The third kappa shape index (κ3) is 3.35. The van der Waals surface area contributed by atoms with Gasteiger partial charge < -0.3 is 0 Å². The molecule has 1 fully saturated rings. The molecule has 134 valence electrons. The number of benzene rings is 2. The minimum Gasteiger partial charge on any atom is -0.279 e. The molecule has 0 spiro atoms. The Bertz CT molecular complexity index is 1040. The quantitative estimate of drug-likeness (QED) is 0.597. The Kier molecular flexibility index (Phi) is 4.71. The first kappa shape index (κ1) is 17.5. The molecule has 1 aromatic heterocycles. The van der Waals surface area contributed by atoms with Crippen molar-refractivity contribution in [3.8, 4) is 0 Å². The van der Waals surface area contributed by atoms with Gasteiger partial charge in [0, 0.05) is 16.1 Å². The summed E-state index contributed by atoms with van der Waals surface area (Å²) in [5.74, 6) is 0.391. The zero-order valence-corrected chi connectivity index (χ0v) is 16.6. The highest BCUT2D eigenvalue weighted by Gasteiger charge is 2.24. The summed E-state index contributed by atoms with van der Waals surface area (Å²) in [4.78, 5) is 4.63. The second kappa shape index (κ2) is 7.00. The summed E-state index contributed by atoms with van der Waals surface area (Å²) in [6, 6.07) is 14.5. The molecule has 1 N–H and O–H groups in total. The molecule has 0 amide bonds. The highest BCUT2D eigenvalue weighted by atomic mass is 79.9. The lowest BCUT2D eigenvalue weighted by atomic mass is 9.94. The fourth-order valence-corrected chi connectivity index (χ4v) is 5.04. The zero-order chi connectivity index (χ0) is 18.1. The molecule has 3 aromatic rings. The van der Waals surface area contributed by atoms with Crippen molar-refractivity contribution in [2.24, 2.45) is 0 Å². The van der Waals surface area contributed by atoms with E-state index in [-0.39, 0.29) is 4.90 Å². The smallest absolute Gasteiger partial charge is 0.261 e. The summed E-state index contributed by atoms with van der Waals surface area (Å²) in [5.41, 5.74) is 2.54. The topological polar surface area (TPSA) is 59.1 Å². The fourth-order valence-electron chi connectivity index (χ4n) is 3.67. The zero-order valence-electron chi connectivity index (χ0n) is 14.2. The highest BCUT2D eigenvalue weighted by Crippen LogP contribution is 2.41. The Balaban J connectivity index is 1.83. The molecule has 0 aliphatic heterocycles. The van der Waals surface area contributed by atoms with Crippen LogP contribution in [0.2, 0.25) is 0 Å². The van der Waals surface area contributed by atoms with E-state index in [0.29, 0.717) is 11.6 Å². The average molecular weight is 431 g/mol. The molecule has 1 heterocycles. The van der Waals surface area contributed by atoms with Crippen LogP contribution in [0.25, 0.3) is 10.9 Å². The van der Waals surface area contributed by atoms with Gasteiger partial charge in [-0.3, -0.25) is 9.71 Å². The van der Waals surface area contributed by atoms with Crippen LogP contribution in [0.4, 0.5) is 5.69 Å². The van der Waals surface area contributed by atoms with Crippen molar-refractivity contribution in [1.82, 2.24) is 4.98 Å². The van der Waals surface area contributed by atoms with Crippen molar-refractivity contribution in [2.45, 2.75) is 36.5 Å². The molecule has 1 aliphatic rings. The molecule has 1 aliphatic carbocycles. The van der Waals surface area contributed by atoms with Crippen molar-refractivity contribution < 1.29 is 8.42 Å². The number of hydrogen-bond donors (Lipinski definition) is 1. The third-order valence-electron chi connectivity index (χ3n) is 4.97. The Labute approximate surface area is 161 Å². The van der Waals surface area contributed by atoms with E-state index in [9.17, 15) is 8.42 Å². The first-order chi connectivity index (χ1) is 12.5. The number of nitrogens with one attached hydrogen (secondary N) is 1. The Morgan fingerprint density at radius 1 is 1.00 bits per heavy atom. The highest BCUT2D eigenvalue weighted by molar-refractivity contribution is 9.10. The lowest BCUT2D eigenvalue weighted by molar-refractivity contribution is 0.601. The molecule has 0 atom stereocenters. The predicted octanol–water partition coefficient (Wildman–Crippen LogP) is 5.46. The van der Waals surface area contributed by atoms with Crippen molar-refractivity contribution in [2.75, 3.05) is 4.72 Å². The fraction of sp³-hybridized carbons (Fsp3) is 0.250. The van der Waals surface area contributed by atoms with Crippen molar-refractivity contribution in [1.29, 1.82) is 0 Å². The molecule has 1 saturated carbocycles. The number of anilines is 1. The van der Waals surface area contributed by atoms with Crippen LogP contribution in [-0.2, 0) is 10.0 Å². The molecule has 26 heavy (non-hydrogen) atoms. The number of pyridine rings is 1. The monoisotopic (exact) mass is 430 g/mol. The van der Waals surface area contributed by atoms with Gasteiger partial charge in [-0.05, 0) is 66.8 Å². The Hall–Kier alpha value is -1.92. The summed E-state index contributed by atoms with van der Waals surface area (Å²) in [6.45, 7) is 0. The third-order valence-corrected chi connectivity index (χ3v) is 6.87. The number of nitrogens with zero attached hydrogens (tertiary/aromatic N) is 1. The van der Waals surface area contributed by atoms with E-state index in [1.165, 1.54) is 12.8 Å². The number of halogens is 1. The Morgan fingerprint density at radius 3 is 2.46 bits per heavy atom. The maximum atomic E-state index is 13.0. The minimum atomic E-state index is -3.67. The van der Waals surface area contributed by atoms with Gasteiger partial charge in [0.1, 0.15) is 0 Å². The number of rotatable bonds is 4. The normalized spacial score (nSPS) is 15.4. The standard InChI is InChI=1S/C20H19BrN2O2S/c21-15-7-9-16(10-8-15)26(24,25)23-20-17(14-4-1-2-5-14)11-12-19-18(20)6-3-13-22-19/h3,6-14,23H,1-2,4-5H2. The second-order valence-electron chi connectivity index (χ2n) is 6.64. The summed E-state index contributed by atoms with van der Waals surface area (Å²) in [7, 11) is -3.67. The minimum absolute atomic E-state index is 0.249. The van der Waals surface area contributed by atoms with E-state index in [1.807, 2.05) is 24.3 Å². The average Bonchev–Trinajstić information content (AvgIpc) is 3.16. The van der Waals surface area contributed by atoms with Crippen LogP contribution >= 0.6 is 15.9 Å². The van der Waals surface area contributed by atoms with Crippen LogP contribution in [0.1, 0.15) is 37.2 Å². The van der Waals surface area contributed by atoms with Gasteiger partial charge in [0.25, 0.3) is 10.0 Å². The van der Waals surface area contributed by atoms with E-state index in [1.54, 1.807) is 30.5 Å². The van der Waals surface area contributed by atoms with Crippen LogP contribution in [0, 0.1) is 0 Å². The van der Waals surface area contributed by atoms with Gasteiger partial charge in [0.05, 0.1) is 16.1 Å². The van der Waals surface area contributed by atoms with Gasteiger partial charge in [-0.2, -0.15) is 0 Å².